The predicted molar refractivity (Wildman–Crippen MR) is 17.3 cm³/mol. The van der Waals surface area contributed by atoms with Crippen molar-refractivity contribution in [3.63, 3.8) is 0 Å². The van der Waals surface area contributed by atoms with Crippen molar-refractivity contribution in [2.75, 3.05) is 0 Å². The Labute approximate surface area is 117 Å². The molecule has 0 aromatic heterocycles. The van der Waals surface area contributed by atoms with Crippen LogP contribution in [0, 0.1) is 0 Å². The van der Waals surface area contributed by atoms with Crippen molar-refractivity contribution < 1.29 is 48.4 Å². The Bertz CT molecular complexity index is 6.85. The van der Waals surface area contributed by atoms with E-state index in [0.29, 0.717) is 0 Å². The summed E-state index contributed by atoms with van der Waals surface area (Å²) in [7, 11) is 0. The van der Waals surface area contributed by atoms with Crippen LogP contribution in [0.3, 0.4) is 0 Å². The molecule has 5 heteroatoms. The fourth-order valence-electron chi connectivity index (χ4n) is 0. The molecule has 0 nitrogen and oxygen atoms in total. The standard InChI is InChI=1S/Cd.3Te.W/q+2;3*-2;+4. The van der Waals surface area contributed by atoms with E-state index in [1.807, 2.05) is 0 Å². The van der Waals surface area contributed by atoms with Gasteiger partial charge in [-0.05, 0) is 0 Å². The third-order valence-corrected chi connectivity index (χ3v) is 0. The van der Waals surface area contributed by atoms with Crippen molar-refractivity contribution in [2.45, 2.75) is 0 Å². The van der Waals surface area contributed by atoms with E-state index >= 15 is 0 Å². The Morgan fingerprint density at radius 1 is 0.600 bits per heavy atom. The van der Waals surface area contributed by atoms with Crippen LogP contribution in [0.25, 0.3) is 0 Å². The molecular formula is CdTe3W. The molecule has 0 fully saturated rings. The molecular weight excluding hydrogens is 679 g/mol. The molecule has 0 bridgehead atoms. The van der Waals surface area contributed by atoms with Gasteiger partial charge in [0.25, 0.3) is 0 Å². The molecule has 0 aliphatic heterocycles. The van der Waals surface area contributed by atoms with Gasteiger partial charge in [-0.25, -0.2) is 0 Å². The molecule has 0 saturated heterocycles. The summed E-state index contributed by atoms with van der Waals surface area (Å²) in [5.74, 6) is 0. The maximum absolute atomic E-state index is 0. The smallest absolute Gasteiger partial charge is 2.00 e. The Kier molecular flexibility index (Phi) is 177. The largest absolute Gasteiger partial charge is 4.00 e. The van der Waals surface area contributed by atoms with Gasteiger partial charge in [0.05, 0.1) is 0 Å². The summed E-state index contributed by atoms with van der Waals surface area (Å²) in [6.45, 7) is 0. The second-order valence-corrected chi connectivity index (χ2v) is 0. The van der Waals surface area contributed by atoms with E-state index in [0.717, 1.165) is 0 Å². The van der Waals surface area contributed by atoms with Crippen LogP contribution in [-0.4, -0.2) is 71.0 Å². The van der Waals surface area contributed by atoms with E-state index in [9.17, 15) is 0 Å². The van der Waals surface area contributed by atoms with Crippen LogP contribution in [0.5, 0.6) is 0 Å². The summed E-state index contributed by atoms with van der Waals surface area (Å²) in [5.41, 5.74) is 0. The summed E-state index contributed by atoms with van der Waals surface area (Å²) in [6.07, 6.45) is 0. The number of hydrogen-bond acceptors (Lipinski definition) is 0. The molecule has 0 heterocycles. The van der Waals surface area contributed by atoms with Crippen LogP contribution in [0.4, 0.5) is 0 Å². The SMILES string of the molecule is [Cd+2].[Te-2].[Te-2].[Te-2].[W+4]. The molecule has 0 aliphatic rings. The first kappa shape index (κ1) is 36.1. The first-order valence-electron chi connectivity index (χ1n) is 0. The molecule has 0 aliphatic carbocycles. The topological polar surface area (TPSA) is 0 Å². The van der Waals surface area contributed by atoms with Crippen molar-refractivity contribution >= 4 is 71.0 Å². The third-order valence-electron chi connectivity index (χ3n) is 0. The quantitative estimate of drug-likeness (QED) is 0.285. The zero-order valence-corrected chi connectivity index (χ0v) is 16.3. The van der Waals surface area contributed by atoms with Gasteiger partial charge in [0.15, 0.2) is 0 Å². The van der Waals surface area contributed by atoms with Gasteiger partial charge >= 0.3 is 48.4 Å². The second-order valence-electron chi connectivity index (χ2n) is 0. The molecule has 0 aromatic carbocycles. The normalized spacial score (nSPS) is 0. The van der Waals surface area contributed by atoms with E-state index < -0.39 is 0 Å². The van der Waals surface area contributed by atoms with E-state index in [2.05, 4.69) is 0 Å². The van der Waals surface area contributed by atoms with Gasteiger partial charge in [0.1, 0.15) is 0 Å². The molecule has 0 spiro atoms. The van der Waals surface area contributed by atoms with Crippen LogP contribution in [-0.2, 0) is 48.4 Å². The molecule has 5 heavy (non-hydrogen) atoms. The summed E-state index contributed by atoms with van der Waals surface area (Å²) < 4.78 is 0. The molecule has 26 valence electrons. The molecule has 0 radical (unpaired) electrons. The third kappa shape index (κ3) is 18.0. The van der Waals surface area contributed by atoms with Crippen molar-refractivity contribution in [1.29, 1.82) is 0 Å². The molecule has 0 aromatic rings. The molecule has 0 atom stereocenters. The minimum Gasteiger partial charge on any atom is -2.00 e. The number of rotatable bonds is 0. The maximum atomic E-state index is 0. The van der Waals surface area contributed by atoms with Crippen molar-refractivity contribution in [3.8, 4) is 0 Å². The van der Waals surface area contributed by atoms with E-state index in [4.69, 9.17) is 0 Å². The fraction of sp³-hybridized carbons (Fsp3) is 0. The monoisotopic (exact) mass is 688 g/mol. The second kappa shape index (κ2) is 24.5. The first-order valence-corrected chi connectivity index (χ1v) is 0. The average molecular weight is 679 g/mol. The van der Waals surface area contributed by atoms with Crippen molar-refractivity contribution in [2.24, 2.45) is 0 Å². The van der Waals surface area contributed by atoms with E-state index in [1.165, 1.54) is 0 Å². The Morgan fingerprint density at radius 3 is 0.600 bits per heavy atom. The van der Waals surface area contributed by atoms with Crippen LogP contribution in [0.2, 0.25) is 0 Å². The van der Waals surface area contributed by atoms with Crippen LogP contribution >= 0.6 is 0 Å². The summed E-state index contributed by atoms with van der Waals surface area (Å²) in [5, 5.41) is 0. The molecule has 0 unspecified atom stereocenters. The van der Waals surface area contributed by atoms with Crippen molar-refractivity contribution in [1.82, 2.24) is 0 Å². The Hall–Kier alpha value is 3.98. The fourth-order valence-corrected chi connectivity index (χ4v) is 0. The van der Waals surface area contributed by atoms with Crippen molar-refractivity contribution in [3.05, 3.63) is 0 Å². The van der Waals surface area contributed by atoms with Gasteiger partial charge in [-0.15, -0.1) is 0 Å². The van der Waals surface area contributed by atoms with Gasteiger partial charge in [-0.3, -0.25) is 0 Å². The summed E-state index contributed by atoms with van der Waals surface area (Å²) in [4.78, 5) is 0. The summed E-state index contributed by atoms with van der Waals surface area (Å²) >= 11 is 0. The van der Waals surface area contributed by atoms with Gasteiger partial charge in [0, 0.05) is 0 Å². The zero-order valence-electron chi connectivity index (χ0n) is 2.34. The summed E-state index contributed by atoms with van der Waals surface area (Å²) in [6, 6.07) is 0. The minimum atomic E-state index is 0. The van der Waals surface area contributed by atoms with Crippen LogP contribution in [0.15, 0.2) is 0 Å². The average Bonchev–Trinajstić information content (AvgIpc) is 0. The molecule has 0 saturated carbocycles. The van der Waals surface area contributed by atoms with E-state index in [1.54, 1.807) is 0 Å². The molecule has 0 amide bonds. The van der Waals surface area contributed by atoms with Crippen LogP contribution in [0.1, 0.15) is 0 Å². The van der Waals surface area contributed by atoms with Gasteiger partial charge in [0.2, 0.25) is 0 Å². The van der Waals surface area contributed by atoms with Gasteiger partial charge in [-0.2, -0.15) is 0 Å². The van der Waals surface area contributed by atoms with Gasteiger partial charge in [-0.1, -0.05) is 0 Å². The predicted octanol–water partition coefficient (Wildman–Crippen LogP) is -1.15. The zero-order chi connectivity index (χ0) is 0. The Morgan fingerprint density at radius 2 is 0.600 bits per heavy atom. The van der Waals surface area contributed by atoms with E-state index in [-0.39, 0.29) is 119 Å². The molecule has 0 rings (SSSR count). The van der Waals surface area contributed by atoms with Gasteiger partial charge < -0.3 is 71.0 Å². The number of hydrogen-bond donors (Lipinski definition) is 0. The first-order chi connectivity index (χ1) is 0. The molecule has 0 N–H and O–H groups in total. The van der Waals surface area contributed by atoms with Crippen LogP contribution < -0.4 is 0 Å². The Balaban J connectivity index is 0. The maximum Gasteiger partial charge on any atom is 4.00 e. The minimum absolute atomic E-state index is 0.